The lowest BCUT2D eigenvalue weighted by Crippen LogP contribution is -2.58. The van der Waals surface area contributed by atoms with Crippen LogP contribution >= 0.6 is 0 Å². The summed E-state index contributed by atoms with van der Waals surface area (Å²) >= 11 is 0. The number of imidazole rings is 1. The van der Waals surface area contributed by atoms with Crippen LogP contribution in [0.25, 0.3) is 0 Å². The molecule has 2 aromatic heterocycles. The molecular weight excluding hydrogens is 402 g/mol. The van der Waals surface area contributed by atoms with Gasteiger partial charge in [-0.1, -0.05) is 36.4 Å². The van der Waals surface area contributed by atoms with E-state index in [2.05, 4.69) is 38.5 Å². The summed E-state index contributed by atoms with van der Waals surface area (Å²) in [5.41, 5.74) is 0.950. The number of carbonyl (C=O) groups excluding carboxylic acids is 1. The number of nitrogens with zero attached hydrogens (tertiary/aromatic N) is 5. The van der Waals surface area contributed by atoms with Gasteiger partial charge in [0.05, 0.1) is 13.1 Å². The second kappa shape index (κ2) is 8.06. The highest BCUT2D eigenvalue weighted by Crippen LogP contribution is 2.52. The molecule has 3 aromatic rings. The first-order valence-electron chi connectivity index (χ1n) is 11.2. The highest BCUT2D eigenvalue weighted by Gasteiger charge is 2.63. The van der Waals surface area contributed by atoms with Crippen molar-refractivity contribution in [2.24, 2.45) is 7.05 Å². The lowest BCUT2D eigenvalue weighted by Gasteiger charge is -2.48. The van der Waals surface area contributed by atoms with Gasteiger partial charge in [-0.05, 0) is 24.1 Å². The first kappa shape index (κ1) is 20.7. The van der Waals surface area contributed by atoms with Gasteiger partial charge in [-0.3, -0.25) is 14.8 Å². The quantitative estimate of drug-likeness (QED) is 0.616. The molecule has 2 saturated heterocycles. The number of hydrogen-bond acceptors (Lipinski definition) is 5. The average Bonchev–Trinajstić information content (AvgIpc) is 3.31. The molecule has 7 heteroatoms. The van der Waals surface area contributed by atoms with E-state index in [1.54, 1.807) is 6.20 Å². The molecule has 7 nitrogen and oxygen atoms in total. The van der Waals surface area contributed by atoms with E-state index in [1.807, 2.05) is 60.9 Å². The summed E-state index contributed by atoms with van der Waals surface area (Å²) in [6.45, 7) is 5.14. The lowest BCUT2D eigenvalue weighted by atomic mass is 9.70. The van der Waals surface area contributed by atoms with Crippen LogP contribution in [0.15, 0.2) is 67.3 Å². The zero-order valence-corrected chi connectivity index (χ0v) is 18.6. The van der Waals surface area contributed by atoms with Crippen molar-refractivity contribution < 1.29 is 9.53 Å². The third kappa shape index (κ3) is 3.37. The Morgan fingerprint density at radius 3 is 2.47 bits per heavy atom. The smallest absolute Gasteiger partial charge is 0.411 e. The number of aryl methyl sites for hydroxylation is 1. The highest BCUT2D eigenvalue weighted by atomic mass is 16.6. The van der Waals surface area contributed by atoms with Crippen LogP contribution in [0.2, 0.25) is 0 Å². The maximum atomic E-state index is 13.3. The standard InChI is InChI=1S/C25H29N5O2/c1-24(21-8-4-3-5-9-21)25(32-23(31)30(24)18-20-7-6-12-26-17-20)10-14-29(15-11-25)19-22-27-13-16-28(22)2/h3-9,12-13,16-17H,10-11,14-15,18-19H2,1-2H3. The van der Waals surface area contributed by atoms with E-state index in [0.29, 0.717) is 6.54 Å². The molecule has 2 aliphatic rings. The van der Waals surface area contributed by atoms with Crippen LogP contribution in [0.4, 0.5) is 4.79 Å². The fourth-order valence-corrected chi connectivity index (χ4v) is 5.24. The maximum absolute atomic E-state index is 13.3. The first-order chi connectivity index (χ1) is 15.5. The van der Waals surface area contributed by atoms with E-state index in [9.17, 15) is 4.79 Å². The van der Waals surface area contributed by atoms with Crippen molar-refractivity contribution in [3.63, 3.8) is 0 Å². The summed E-state index contributed by atoms with van der Waals surface area (Å²) in [5.74, 6) is 1.05. The van der Waals surface area contributed by atoms with E-state index in [4.69, 9.17) is 4.74 Å². The van der Waals surface area contributed by atoms with Crippen molar-refractivity contribution in [1.29, 1.82) is 0 Å². The van der Waals surface area contributed by atoms with Gasteiger partial charge in [-0.15, -0.1) is 0 Å². The third-order valence-electron chi connectivity index (χ3n) is 7.28. The Morgan fingerprint density at radius 2 is 1.81 bits per heavy atom. The highest BCUT2D eigenvalue weighted by molar-refractivity contribution is 5.73. The van der Waals surface area contributed by atoms with E-state index >= 15 is 0 Å². The molecule has 1 unspecified atom stereocenters. The SMILES string of the molecule is Cn1ccnc1CN1CCC2(CC1)OC(=O)N(Cc1cccnc1)C2(C)c1ccccc1. The Kier molecular flexibility index (Phi) is 5.21. The van der Waals surface area contributed by atoms with Gasteiger partial charge >= 0.3 is 6.09 Å². The number of ether oxygens (including phenoxy) is 1. The number of rotatable bonds is 5. The molecule has 2 aliphatic heterocycles. The van der Waals surface area contributed by atoms with Crippen LogP contribution in [-0.4, -0.2) is 49.1 Å². The minimum atomic E-state index is -0.578. The van der Waals surface area contributed by atoms with Crippen LogP contribution in [0.3, 0.4) is 0 Å². The van der Waals surface area contributed by atoms with Crippen LogP contribution in [0, 0.1) is 0 Å². The second-order valence-corrected chi connectivity index (χ2v) is 8.98. The van der Waals surface area contributed by atoms with Crippen LogP contribution in [0.1, 0.15) is 36.7 Å². The molecule has 0 aliphatic carbocycles. The molecule has 1 spiro atoms. The molecule has 1 atom stereocenters. The Hall–Kier alpha value is -3.19. The predicted molar refractivity (Wildman–Crippen MR) is 121 cm³/mol. The first-order valence-corrected chi connectivity index (χ1v) is 11.2. The predicted octanol–water partition coefficient (Wildman–Crippen LogP) is 3.72. The number of likely N-dealkylation sites (tertiary alicyclic amines) is 1. The van der Waals surface area contributed by atoms with Crippen molar-refractivity contribution >= 4 is 6.09 Å². The topological polar surface area (TPSA) is 63.5 Å². The molecular formula is C25H29N5O2. The number of pyridine rings is 1. The molecule has 4 heterocycles. The molecule has 1 aromatic carbocycles. The normalized spacial score (nSPS) is 22.9. The Balaban J connectivity index is 1.45. The lowest BCUT2D eigenvalue weighted by molar-refractivity contribution is -0.0618. The van der Waals surface area contributed by atoms with E-state index < -0.39 is 11.1 Å². The number of benzene rings is 1. The van der Waals surface area contributed by atoms with Crippen molar-refractivity contribution in [3.05, 3.63) is 84.2 Å². The van der Waals surface area contributed by atoms with Crippen molar-refractivity contribution in [2.45, 2.75) is 44.0 Å². The summed E-state index contributed by atoms with van der Waals surface area (Å²) in [6.07, 6.45) is 8.68. The second-order valence-electron chi connectivity index (χ2n) is 8.98. The Labute approximate surface area is 188 Å². The summed E-state index contributed by atoms with van der Waals surface area (Å²) in [4.78, 5) is 26.3. The van der Waals surface area contributed by atoms with Gasteiger partial charge in [0.25, 0.3) is 0 Å². The Morgan fingerprint density at radius 1 is 1.03 bits per heavy atom. The largest absolute Gasteiger partial charge is 0.440 e. The van der Waals surface area contributed by atoms with Crippen LogP contribution in [-0.2, 0) is 30.4 Å². The molecule has 0 radical (unpaired) electrons. The van der Waals surface area contributed by atoms with Gasteiger partial charge in [-0.2, -0.15) is 0 Å². The minimum absolute atomic E-state index is 0.252. The van der Waals surface area contributed by atoms with Crippen molar-refractivity contribution in [2.75, 3.05) is 13.1 Å². The van der Waals surface area contributed by atoms with E-state index in [1.165, 1.54) is 0 Å². The van der Waals surface area contributed by atoms with Gasteiger partial charge in [0.15, 0.2) is 0 Å². The fourth-order valence-electron chi connectivity index (χ4n) is 5.24. The zero-order valence-electron chi connectivity index (χ0n) is 18.6. The summed E-state index contributed by atoms with van der Waals surface area (Å²) in [5, 5.41) is 0. The minimum Gasteiger partial charge on any atom is -0.440 e. The monoisotopic (exact) mass is 431 g/mol. The summed E-state index contributed by atoms with van der Waals surface area (Å²) in [7, 11) is 2.02. The van der Waals surface area contributed by atoms with Gasteiger partial charge in [0.2, 0.25) is 0 Å². The van der Waals surface area contributed by atoms with E-state index in [-0.39, 0.29) is 6.09 Å². The zero-order chi connectivity index (χ0) is 22.2. The Bertz CT molecular complexity index is 1080. The van der Waals surface area contributed by atoms with Gasteiger partial charge in [0.1, 0.15) is 17.0 Å². The average molecular weight is 432 g/mol. The summed E-state index contributed by atoms with van der Waals surface area (Å²) < 4.78 is 8.33. The molecule has 32 heavy (non-hydrogen) atoms. The summed E-state index contributed by atoms with van der Waals surface area (Å²) in [6, 6.07) is 14.2. The fraction of sp³-hybridized carbons (Fsp3) is 0.400. The molecule has 166 valence electrons. The van der Waals surface area contributed by atoms with Gasteiger partial charge in [-0.25, -0.2) is 9.78 Å². The molecule has 1 amide bonds. The van der Waals surface area contributed by atoms with Crippen molar-refractivity contribution in [3.8, 4) is 0 Å². The van der Waals surface area contributed by atoms with E-state index in [0.717, 1.165) is 49.4 Å². The molecule has 5 rings (SSSR count). The van der Waals surface area contributed by atoms with Crippen LogP contribution < -0.4 is 0 Å². The number of piperidine rings is 1. The maximum Gasteiger partial charge on any atom is 0.411 e. The molecule has 0 saturated carbocycles. The molecule has 2 fully saturated rings. The number of carbonyl (C=O) groups is 1. The van der Waals surface area contributed by atoms with Gasteiger partial charge < -0.3 is 9.30 Å². The van der Waals surface area contributed by atoms with Gasteiger partial charge in [0, 0.05) is 57.8 Å². The number of amides is 1. The molecule has 0 bridgehead atoms. The molecule has 0 N–H and O–H groups in total. The third-order valence-corrected chi connectivity index (χ3v) is 7.28. The number of hydrogen-bond donors (Lipinski definition) is 0. The number of aromatic nitrogens is 3. The van der Waals surface area contributed by atoms with Crippen molar-refractivity contribution in [1.82, 2.24) is 24.3 Å². The van der Waals surface area contributed by atoms with Crippen LogP contribution in [0.5, 0.6) is 0 Å².